The van der Waals surface area contributed by atoms with Gasteiger partial charge in [0.25, 0.3) is 17.4 Å². The summed E-state index contributed by atoms with van der Waals surface area (Å²) < 4.78 is 0. The van der Waals surface area contributed by atoms with Crippen molar-refractivity contribution in [3.8, 4) is 29.2 Å². The van der Waals surface area contributed by atoms with Gasteiger partial charge < -0.3 is 4.98 Å². The van der Waals surface area contributed by atoms with Crippen molar-refractivity contribution in [1.29, 1.82) is 5.26 Å². The van der Waals surface area contributed by atoms with Crippen LogP contribution in [-0.2, 0) is 0 Å². The first-order chi connectivity index (χ1) is 16.5. The minimum Gasteiger partial charge on any atom is -0.300 e. The molecule has 0 radical (unpaired) electrons. The van der Waals surface area contributed by atoms with Crippen molar-refractivity contribution in [2.75, 3.05) is 12.8 Å². The number of carbonyl (C=O) groups is 2. The summed E-state index contributed by atoms with van der Waals surface area (Å²) in [6.45, 7) is 0.352. The van der Waals surface area contributed by atoms with Gasteiger partial charge in [0.15, 0.2) is 5.16 Å². The van der Waals surface area contributed by atoms with Gasteiger partial charge in [0.1, 0.15) is 11.6 Å². The minimum atomic E-state index is -0.479. The maximum Gasteiger partial charge on any atom is 0.270 e. The SMILES string of the molecule is CSc1nc(-c2ccccc2C#CCCCCN2C(=O)c3ccccc3C2=O)c(C#N)c(=O)[nH]1. The van der Waals surface area contributed by atoms with E-state index in [9.17, 15) is 19.6 Å². The van der Waals surface area contributed by atoms with Crippen LogP contribution < -0.4 is 5.56 Å². The number of carbonyl (C=O) groups excluding carboxylic acids is 2. The number of rotatable bonds is 6. The molecule has 1 aliphatic rings. The molecule has 1 N–H and O–H groups in total. The summed E-state index contributed by atoms with van der Waals surface area (Å²) in [7, 11) is 0. The molecule has 0 bridgehead atoms. The molecule has 34 heavy (non-hydrogen) atoms. The van der Waals surface area contributed by atoms with Crippen LogP contribution in [0.5, 0.6) is 0 Å². The topological polar surface area (TPSA) is 107 Å². The average Bonchev–Trinajstić information content (AvgIpc) is 3.10. The summed E-state index contributed by atoms with van der Waals surface area (Å²) in [5.41, 5.74) is 1.99. The third-order valence-electron chi connectivity index (χ3n) is 5.42. The minimum absolute atomic E-state index is 0.0482. The average molecular weight is 469 g/mol. The second-order valence-corrected chi connectivity index (χ2v) is 8.32. The fraction of sp³-hybridized carbons (Fsp3) is 0.192. The molecule has 0 saturated carbocycles. The van der Waals surface area contributed by atoms with Crippen LogP contribution in [0.15, 0.2) is 58.5 Å². The molecule has 168 valence electrons. The fourth-order valence-corrected chi connectivity index (χ4v) is 4.11. The molecule has 2 amide bonds. The van der Waals surface area contributed by atoms with E-state index in [0.717, 1.165) is 0 Å². The molecular formula is C26H20N4O3S. The van der Waals surface area contributed by atoms with Crippen LogP contribution in [0.3, 0.4) is 0 Å². The van der Waals surface area contributed by atoms with Crippen LogP contribution >= 0.6 is 11.8 Å². The highest BCUT2D eigenvalue weighted by Gasteiger charge is 2.34. The van der Waals surface area contributed by atoms with Gasteiger partial charge >= 0.3 is 0 Å². The smallest absolute Gasteiger partial charge is 0.270 e. The molecule has 8 heteroatoms. The van der Waals surface area contributed by atoms with Crippen molar-refractivity contribution in [2.24, 2.45) is 0 Å². The largest absolute Gasteiger partial charge is 0.300 e. The Morgan fingerprint density at radius 2 is 1.62 bits per heavy atom. The molecule has 7 nitrogen and oxygen atoms in total. The summed E-state index contributed by atoms with van der Waals surface area (Å²) in [6.07, 6.45) is 3.72. The molecule has 0 fully saturated rings. The Labute approximate surface area is 200 Å². The van der Waals surface area contributed by atoms with Crippen LogP contribution in [0, 0.1) is 23.2 Å². The lowest BCUT2D eigenvalue weighted by Crippen LogP contribution is -2.30. The molecular weight excluding hydrogens is 448 g/mol. The molecule has 0 unspecified atom stereocenters. The lowest BCUT2D eigenvalue weighted by molar-refractivity contribution is 0.0652. The highest BCUT2D eigenvalue weighted by atomic mass is 32.2. The lowest BCUT2D eigenvalue weighted by atomic mass is 10.0. The molecule has 1 aliphatic heterocycles. The van der Waals surface area contributed by atoms with Crippen molar-refractivity contribution in [3.63, 3.8) is 0 Å². The normalized spacial score (nSPS) is 12.2. The van der Waals surface area contributed by atoms with E-state index in [0.29, 0.717) is 58.9 Å². The number of imide groups is 1. The summed E-state index contributed by atoms with van der Waals surface area (Å²) in [5, 5.41) is 9.89. The van der Waals surface area contributed by atoms with E-state index in [1.807, 2.05) is 24.3 Å². The second kappa shape index (κ2) is 10.2. The molecule has 3 aromatic rings. The number of H-pyrrole nitrogens is 1. The Kier molecular flexibility index (Phi) is 6.91. The molecule has 0 saturated heterocycles. The predicted octanol–water partition coefficient (Wildman–Crippen LogP) is 3.85. The molecule has 0 aliphatic carbocycles. The van der Waals surface area contributed by atoms with E-state index >= 15 is 0 Å². The van der Waals surface area contributed by atoms with Gasteiger partial charge in [-0.3, -0.25) is 19.3 Å². The number of aromatic nitrogens is 2. The number of amides is 2. The Balaban J connectivity index is 1.43. The number of hydrogen-bond acceptors (Lipinski definition) is 6. The monoisotopic (exact) mass is 468 g/mol. The molecule has 0 spiro atoms. The lowest BCUT2D eigenvalue weighted by Gasteiger charge is -2.12. The summed E-state index contributed by atoms with van der Waals surface area (Å²) in [4.78, 5) is 45.5. The van der Waals surface area contributed by atoms with Crippen molar-refractivity contribution in [1.82, 2.24) is 14.9 Å². The third-order valence-corrected chi connectivity index (χ3v) is 6.00. The van der Waals surface area contributed by atoms with E-state index in [-0.39, 0.29) is 17.4 Å². The summed E-state index contributed by atoms with van der Waals surface area (Å²) in [5.74, 6) is 5.74. The number of benzene rings is 2. The summed E-state index contributed by atoms with van der Waals surface area (Å²) >= 11 is 1.29. The number of aromatic amines is 1. The Morgan fingerprint density at radius 3 is 2.26 bits per heavy atom. The van der Waals surface area contributed by atoms with E-state index in [2.05, 4.69) is 21.8 Å². The van der Waals surface area contributed by atoms with Crippen molar-refractivity contribution < 1.29 is 9.59 Å². The number of nitrogens with zero attached hydrogens (tertiary/aromatic N) is 3. The van der Waals surface area contributed by atoms with E-state index in [1.54, 1.807) is 36.6 Å². The highest BCUT2D eigenvalue weighted by Crippen LogP contribution is 2.25. The first-order valence-corrected chi connectivity index (χ1v) is 11.9. The Bertz CT molecular complexity index is 1410. The highest BCUT2D eigenvalue weighted by molar-refractivity contribution is 7.98. The van der Waals surface area contributed by atoms with Gasteiger partial charge in [-0.1, -0.05) is 53.9 Å². The number of nitriles is 1. The molecule has 1 aromatic heterocycles. The van der Waals surface area contributed by atoms with Crippen molar-refractivity contribution in [3.05, 3.63) is 81.1 Å². The zero-order valence-electron chi connectivity index (χ0n) is 18.4. The number of fused-ring (bicyclic) bond motifs is 1. The Morgan fingerprint density at radius 1 is 0.971 bits per heavy atom. The van der Waals surface area contributed by atoms with E-state index in [1.165, 1.54) is 16.7 Å². The van der Waals surface area contributed by atoms with Gasteiger partial charge in [0, 0.05) is 24.1 Å². The first-order valence-electron chi connectivity index (χ1n) is 10.7. The summed E-state index contributed by atoms with van der Waals surface area (Å²) in [6, 6.07) is 16.1. The van der Waals surface area contributed by atoms with Gasteiger partial charge in [-0.25, -0.2) is 4.98 Å². The van der Waals surface area contributed by atoms with Gasteiger partial charge in [-0.15, -0.1) is 0 Å². The zero-order valence-corrected chi connectivity index (χ0v) is 19.2. The number of hydrogen-bond donors (Lipinski definition) is 1. The van der Waals surface area contributed by atoms with Gasteiger partial charge in [-0.2, -0.15) is 5.26 Å². The zero-order chi connectivity index (χ0) is 24.1. The van der Waals surface area contributed by atoms with Crippen LogP contribution in [0.1, 0.15) is 51.1 Å². The van der Waals surface area contributed by atoms with Crippen LogP contribution in [0.25, 0.3) is 11.3 Å². The van der Waals surface area contributed by atoms with E-state index in [4.69, 9.17) is 0 Å². The first kappa shape index (κ1) is 23.0. The van der Waals surface area contributed by atoms with Gasteiger partial charge in [-0.05, 0) is 37.3 Å². The van der Waals surface area contributed by atoms with Crippen molar-refractivity contribution in [2.45, 2.75) is 24.4 Å². The second-order valence-electron chi connectivity index (χ2n) is 7.52. The number of nitrogens with one attached hydrogen (secondary N) is 1. The maximum absolute atomic E-state index is 12.4. The van der Waals surface area contributed by atoms with Crippen LogP contribution in [0.2, 0.25) is 0 Å². The molecule has 2 heterocycles. The standard InChI is InChI=1S/C26H20N4O3S/c1-34-26-28-22(21(16-27)23(31)29-26)18-12-6-5-11-17(18)10-4-2-3-9-15-30-24(32)19-13-7-8-14-20(19)25(30)33/h5-8,11-14H,2-3,9,15H2,1H3,(H,28,29,31). The van der Waals surface area contributed by atoms with E-state index < -0.39 is 5.56 Å². The van der Waals surface area contributed by atoms with Crippen molar-refractivity contribution >= 4 is 23.6 Å². The quantitative estimate of drug-likeness (QED) is 0.194. The Hall–Kier alpha value is -4.14. The van der Waals surface area contributed by atoms with Gasteiger partial charge in [0.05, 0.1) is 16.8 Å². The fourth-order valence-electron chi connectivity index (χ4n) is 3.73. The van der Waals surface area contributed by atoms with Crippen LogP contribution in [0.4, 0.5) is 0 Å². The predicted molar refractivity (Wildman–Crippen MR) is 129 cm³/mol. The van der Waals surface area contributed by atoms with Crippen LogP contribution in [-0.4, -0.2) is 39.5 Å². The third kappa shape index (κ3) is 4.50. The maximum atomic E-state index is 12.4. The molecule has 4 rings (SSSR count). The molecule has 0 atom stereocenters. The molecule has 2 aromatic carbocycles. The van der Waals surface area contributed by atoms with Gasteiger partial charge in [0.2, 0.25) is 0 Å². The number of thioether (sulfide) groups is 1. The number of unbranched alkanes of at least 4 members (excludes halogenated alkanes) is 2.